The maximum atomic E-state index is 2.50. The summed E-state index contributed by atoms with van der Waals surface area (Å²) in [6.07, 6.45) is 8.67. The molecule has 0 heterocycles. The minimum Gasteiger partial charge on any atom is -0.0798 e. The summed E-state index contributed by atoms with van der Waals surface area (Å²) >= 11 is 0. The number of hydrogen-bond acceptors (Lipinski definition) is 0. The van der Waals surface area contributed by atoms with Crippen molar-refractivity contribution >= 4 is 11.1 Å². The van der Waals surface area contributed by atoms with Gasteiger partial charge >= 0.3 is 0 Å². The Morgan fingerprint density at radius 3 is 1.39 bits per heavy atom. The molecule has 0 N–H and O–H groups in total. The molecule has 2 aromatic rings. The molecule has 0 nitrogen and oxygen atoms in total. The van der Waals surface area contributed by atoms with Gasteiger partial charge in [0.1, 0.15) is 0 Å². The van der Waals surface area contributed by atoms with Crippen LogP contribution < -0.4 is 0 Å². The van der Waals surface area contributed by atoms with E-state index in [9.17, 15) is 0 Å². The van der Waals surface area contributed by atoms with Crippen LogP contribution in [0.2, 0.25) is 0 Å². The first-order chi connectivity index (χ1) is 11.2. The molecule has 23 heavy (non-hydrogen) atoms. The Bertz CT molecular complexity index is 689. The van der Waals surface area contributed by atoms with Gasteiger partial charge in [-0.25, -0.2) is 0 Å². The van der Waals surface area contributed by atoms with Gasteiger partial charge in [-0.05, 0) is 67.2 Å². The molecular formula is C23H24. The van der Waals surface area contributed by atoms with Gasteiger partial charge in [-0.2, -0.15) is 0 Å². The van der Waals surface area contributed by atoms with E-state index in [1.807, 2.05) is 0 Å². The molecule has 0 heteroatoms. The van der Waals surface area contributed by atoms with Crippen molar-refractivity contribution in [1.82, 2.24) is 0 Å². The lowest BCUT2D eigenvalue weighted by atomic mass is 9.69. The maximum Gasteiger partial charge on any atom is -0.0118 e. The van der Waals surface area contributed by atoms with Crippen molar-refractivity contribution in [2.45, 2.75) is 33.1 Å². The topological polar surface area (TPSA) is 0 Å². The minimum absolute atomic E-state index is 0.700. The highest BCUT2D eigenvalue weighted by Crippen LogP contribution is 2.46. The predicted molar refractivity (Wildman–Crippen MR) is 99.1 cm³/mol. The molecule has 116 valence electrons. The van der Waals surface area contributed by atoms with E-state index in [0.29, 0.717) is 11.8 Å². The summed E-state index contributed by atoms with van der Waals surface area (Å²) in [5, 5.41) is 0. The van der Waals surface area contributed by atoms with Crippen LogP contribution in [0.25, 0.3) is 11.1 Å². The van der Waals surface area contributed by atoms with Gasteiger partial charge in [0.05, 0.1) is 0 Å². The smallest absolute Gasteiger partial charge is 0.0118 e. The summed E-state index contributed by atoms with van der Waals surface area (Å²) in [6.45, 7) is 4.32. The lowest BCUT2D eigenvalue weighted by Crippen LogP contribution is -2.20. The zero-order valence-electron chi connectivity index (χ0n) is 14.0. The van der Waals surface area contributed by atoms with Crippen molar-refractivity contribution in [2.24, 2.45) is 11.8 Å². The third-order valence-electron chi connectivity index (χ3n) is 5.46. The molecule has 2 aromatic carbocycles. The number of hydrogen-bond donors (Lipinski definition) is 0. The van der Waals surface area contributed by atoms with Crippen LogP contribution in [0.1, 0.15) is 41.5 Å². The summed E-state index contributed by atoms with van der Waals surface area (Å²) in [5.41, 5.74) is 8.67. The van der Waals surface area contributed by atoms with E-state index < -0.39 is 0 Å². The molecule has 2 unspecified atom stereocenters. The van der Waals surface area contributed by atoms with Crippen LogP contribution in [0.3, 0.4) is 0 Å². The SMILES string of the molecule is Cc1ccc(C2=CCC3CC2CC=C3c2ccc(C)cc2)cc1. The number of allylic oxidation sites excluding steroid dienone is 4. The normalized spacial score (nSPS) is 23.2. The monoisotopic (exact) mass is 300 g/mol. The fourth-order valence-electron chi connectivity index (χ4n) is 4.11. The predicted octanol–water partition coefficient (Wildman–Crippen LogP) is 6.20. The average Bonchev–Trinajstić information content (AvgIpc) is 2.58. The summed E-state index contributed by atoms with van der Waals surface area (Å²) in [5.74, 6) is 1.40. The molecule has 4 rings (SSSR count). The lowest BCUT2D eigenvalue weighted by molar-refractivity contribution is 0.469. The Morgan fingerprint density at radius 2 is 1.00 bits per heavy atom. The first kappa shape index (κ1) is 14.5. The molecule has 0 radical (unpaired) electrons. The van der Waals surface area contributed by atoms with Crippen LogP contribution >= 0.6 is 0 Å². The highest BCUT2D eigenvalue weighted by molar-refractivity contribution is 5.75. The fraction of sp³-hybridized carbons (Fsp3) is 0.304. The van der Waals surface area contributed by atoms with E-state index in [0.717, 1.165) is 0 Å². The van der Waals surface area contributed by atoms with Gasteiger partial charge in [-0.3, -0.25) is 0 Å². The second-order valence-electron chi connectivity index (χ2n) is 7.15. The second kappa shape index (κ2) is 5.85. The van der Waals surface area contributed by atoms with Crippen LogP contribution in [0, 0.1) is 25.7 Å². The molecule has 2 atom stereocenters. The van der Waals surface area contributed by atoms with Crippen molar-refractivity contribution in [2.75, 3.05) is 0 Å². The highest BCUT2D eigenvalue weighted by atomic mass is 14.3. The van der Waals surface area contributed by atoms with Gasteiger partial charge < -0.3 is 0 Å². The quantitative estimate of drug-likeness (QED) is 0.619. The first-order valence-electron chi connectivity index (χ1n) is 8.75. The summed E-state index contributed by atoms with van der Waals surface area (Å²) in [6, 6.07) is 18.1. The Labute approximate surface area is 139 Å². The summed E-state index contributed by atoms with van der Waals surface area (Å²) in [4.78, 5) is 0. The zero-order chi connectivity index (χ0) is 15.8. The van der Waals surface area contributed by atoms with Crippen LogP contribution in [-0.4, -0.2) is 0 Å². The maximum absolute atomic E-state index is 2.50. The Kier molecular flexibility index (Phi) is 3.69. The number of benzene rings is 2. The number of fused-ring (bicyclic) bond motifs is 2. The molecule has 2 aliphatic carbocycles. The van der Waals surface area contributed by atoms with Crippen LogP contribution in [0.5, 0.6) is 0 Å². The van der Waals surface area contributed by atoms with Crippen molar-refractivity contribution < 1.29 is 0 Å². The van der Waals surface area contributed by atoms with Crippen molar-refractivity contribution in [3.8, 4) is 0 Å². The molecule has 0 spiro atoms. The van der Waals surface area contributed by atoms with Crippen LogP contribution in [0.15, 0.2) is 60.7 Å². The average molecular weight is 300 g/mol. The molecule has 2 aliphatic rings. The Morgan fingerprint density at radius 1 is 0.609 bits per heavy atom. The van der Waals surface area contributed by atoms with Crippen molar-refractivity contribution in [1.29, 1.82) is 0 Å². The van der Waals surface area contributed by atoms with E-state index in [4.69, 9.17) is 0 Å². The first-order valence-corrected chi connectivity index (χ1v) is 8.75. The molecule has 0 amide bonds. The van der Waals surface area contributed by atoms with E-state index in [1.54, 1.807) is 11.1 Å². The standard InChI is InChI=1S/C23H24/c1-16-3-7-18(8-4-16)22-13-11-21-15-20(22)12-14-23(21)19-9-5-17(2)6-10-19/h3-10,13-14,20-21H,11-12,15H2,1-2H3. The molecule has 0 fully saturated rings. The van der Waals surface area contributed by atoms with Gasteiger partial charge in [0.25, 0.3) is 0 Å². The van der Waals surface area contributed by atoms with E-state index in [-0.39, 0.29) is 0 Å². The van der Waals surface area contributed by atoms with Gasteiger partial charge in [0.15, 0.2) is 0 Å². The summed E-state index contributed by atoms with van der Waals surface area (Å²) < 4.78 is 0. The highest BCUT2D eigenvalue weighted by Gasteiger charge is 2.30. The third kappa shape index (κ3) is 2.79. The molecule has 0 saturated carbocycles. The molecule has 2 bridgehead atoms. The number of rotatable bonds is 2. The third-order valence-corrected chi connectivity index (χ3v) is 5.46. The molecule has 0 saturated heterocycles. The van der Waals surface area contributed by atoms with Gasteiger partial charge in [0, 0.05) is 0 Å². The van der Waals surface area contributed by atoms with Crippen molar-refractivity contribution in [3.05, 3.63) is 82.9 Å². The summed E-state index contributed by atoms with van der Waals surface area (Å²) in [7, 11) is 0. The molecule has 0 aromatic heterocycles. The van der Waals surface area contributed by atoms with Gasteiger partial charge in [0.2, 0.25) is 0 Å². The Balaban J connectivity index is 1.59. The minimum atomic E-state index is 0.700. The van der Waals surface area contributed by atoms with Gasteiger partial charge in [-0.1, -0.05) is 71.8 Å². The number of aryl methyl sites for hydroxylation is 2. The Hall–Kier alpha value is -2.08. The second-order valence-corrected chi connectivity index (χ2v) is 7.15. The van der Waals surface area contributed by atoms with Crippen LogP contribution in [-0.2, 0) is 0 Å². The zero-order valence-corrected chi connectivity index (χ0v) is 14.0. The van der Waals surface area contributed by atoms with E-state index >= 15 is 0 Å². The lowest BCUT2D eigenvalue weighted by Gasteiger charge is -2.35. The fourth-order valence-corrected chi connectivity index (χ4v) is 4.11. The molecule has 0 aliphatic heterocycles. The van der Waals surface area contributed by atoms with E-state index in [2.05, 4.69) is 74.5 Å². The van der Waals surface area contributed by atoms with Crippen LogP contribution in [0.4, 0.5) is 0 Å². The largest absolute Gasteiger partial charge is 0.0798 e. The molecular weight excluding hydrogens is 276 g/mol. The van der Waals surface area contributed by atoms with Crippen molar-refractivity contribution in [3.63, 3.8) is 0 Å². The van der Waals surface area contributed by atoms with Gasteiger partial charge in [-0.15, -0.1) is 0 Å². The van der Waals surface area contributed by atoms with E-state index in [1.165, 1.54) is 41.5 Å².